The molecule has 1 aliphatic rings. The molecule has 7 heteroatoms. The molecule has 18 heavy (non-hydrogen) atoms. The number of nitrogens with one attached hydrogen (secondary N) is 1. The van der Waals surface area contributed by atoms with Gasteiger partial charge in [-0.1, -0.05) is 12.1 Å². The summed E-state index contributed by atoms with van der Waals surface area (Å²) in [6.45, 7) is 0. The maximum atomic E-state index is 11.6. The van der Waals surface area contributed by atoms with Crippen LogP contribution in [0.3, 0.4) is 0 Å². The molecule has 1 amide bonds. The average Bonchev–Trinajstić information content (AvgIpc) is 2.63. The fourth-order valence-electron chi connectivity index (χ4n) is 1.77. The summed E-state index contributed by atoms with van der Waals surface area (Å²) >= 11 is 0. The molecule has 0 spiro atoms. The lowest BCUT2D eigenvalue weighted by Crippen LogP contribution is -2.28. The Labute approximate surface area is 101 Å². The van der Waals surface area contributed by atoms with Gasteiger partial charge in [0.2, 0.25) is 0 Å². The maximum absolute atomic E-state index is 11.6. The van der Waals surface area contributed by atoms with E-state index in [4.69, 9.17) is 5.11 Å². The van der Waals surface area contributed by atoms with Crippen LogP contribution in [0.4, 0.5) is 5.69 Å². The lowest BCUT2D eigenvalue weighted by Gasteiger charge is -2.16. The number of rotatable bonds is 3. The highest BCUT2D eigenvalue weighted by Gasteiger charge is 2.35. The van der Waals surface area contributed by atoms with Crippen molar-refractivity contribution in [1.82, 2.24) is 0 Å². The van der Waals surface area contributed by atoms with Gasteiger partial charge >= 0.3 is 5.97 Å². The first-order chi connectivity index (χ1) is 8.43. The normalized spacial score (nSPS) is 17.0. The Morgan fingerprint density at radius 2 is 1.89 bits per heavy atom. The number of aliphatic hydroxyl groups is 2. The molecule has 2 unspecified atom stereocenters. The van der Waals surface area contributed by atoms with Gasteiger partial charge in [0.05, 0.1) is 11.3 Å². The van der Waals surface area contributed by atoms with Gasteiger partial charge in [0.15, 0.2) is 6.10 Å². The molecule has 0 saturated heterocycles. The molecule has 0 aromatic heterocycles. The summed E-state index contributed by atoms with van der Waals surface area (Å²) in [5.41, 5.74) is 0.000175. The number of carbonyl (C=O) groups is 3. The van der Waals surface area contributed by atoms with Crippen LogP contribution in [-0.2, 0) is 9.59 Å². The highest BCUT2D eigenvalue weighted by atomic mass is 16.4. The minimum atomic E-state index is -2.07. The Kier molecular flexibility index (Phi) is 2.85. The Bertz CT molecular complexity index is 552. The lowest BCUT2D eigenvalue weighted by atomic mass is 9.96. The van der Waals surface area contributed by atoms with Crippen LogP contribution < -0.4 is 5.32 Å². The summed E-state index contributed by atoms with van der Waals surface area (Å²) in [4.78, 5) is 33.3. The monoisotopic (exact) mass is 251 g/mol. The molecule has 1 aromatic carbocycles. The molecule has 0 aliphatic carbocycles. The number of amides is 1. The summed E-state index contributed by atoms with van der Waals surface area (Å²) in [5.74, 6) is -3.34. The zero-order chi connectivity index (χ0) is 13.4. The topological polar surface area (TPSA) is 124 Å². The van der Waals surface area contributed by atoms with Crippen molar-refractivity contribution in [1.29, 1.82) is 0 Å². The van der Waals surface area contributed by atoms with Gasteiger partial charge in [-0.25, -0.2) is 4.79 Å². The quantitative estimate of drug-likeness (QED) is 0.526. The van der Waals surface area contributed by atoms with Crippen molar-refractivity contribution in [3.8, 4) is 0 Å². The van der Waals surface area contributed by atoms with Crippen molar-refractivity contribution < 1.29 is 29.7 Å². The van der Waals surface area contributed by atoms with Crippen LogP contribution in [0, 0.1) is 0 Å². The van der Waals surface area contributed by atoms with E-state index in [0.717, 1.165) is 0 Å². The Morgan fingerprint density at radius 1 is 1.22 bits per heavy atom. The molecular formula is C11H9NO6. The van der Waals surface area contributed by atoms with Crippen LogP contribution in [0.5, 0.6) is 0 Å². The second-order valence-corrected chi connectivity index (χ2v) is 3.78. The third-order valence-corrected chi connectivity index (χ3v) is 2.65. The van der Waals surface area contributed by atoms with Gasteiger partial charge in [0.1, 0.15) is 6.10 Å². The van der Waals surface area contributed by atoms with Gasteiger partial charge in [0.25, 0.3) is 11.7 Å². The van der Waals surface area contributed by atoms with Crippen LogP contribution in [0.1, 0.15) is 22.0 Å². The van der Waals surface area contributed by atoms with Crippen LogP contribution in [0.25, 0.3) is 0 Å². The number of carboxylic acids is 1. The molecule has 94 valence electrons. The number of anilines is 1. The predicted molar refractivity (Wildman–Crippen MR) is 58.0 cm³/mol. The minimum Gasteiger partial charge on any atom is -0.479 e. The van der Waals surface area contributed by atoms with Gasteiger partial charge < -0.3 is 20.6 Å². The van der Waals surface area contributed by atoms with E-state index in [2.05, 4.69) is 5.32 Å². The highest BCUT2D eigenvalue weighted by molar-refractivity contribution is 6.52. The summed E-state index contributed by atoms with van der Waals surface area (Å²) < 4.78 is 0. The summed E-state index contributed by atoms with van der Waals surface area (Å²) in [6.07, 6.45) is -3.85. The number of benzene rings is 1. The number of aliphatic carboxylic acids is 1. The SMILES string of the molecule is O=C1Nc2cccc(C(O)C(O)C(=O)O)c2C1=O. The van der Waals surface area contributed by atoms with Gasteiger partial charge in [-0.3, -0.25) is 9.59 Å². The fourth-order valence-corrected chi connectivity index (χ4v) is 1.77. The Balaban J connectivity index is 2.49. The van der Waals surface area contributed by atoms with Crippen molar-refractivity contribution >= 4 is 23.3 Å². The van der Waals surface area contributed by atoms with E-state index in [9.17, 15) is 24.6 Å². The van der Waals surface area contributed by atoms with Crippen molar-refractivity contribution in [2.24, 2.45) is 0 Å². The van der Waals surface area contributed by atoms with E-state index in [1.165, 1.54) is 18.2 Å². The van der Waals surface area contributed by atoms with E-state index in [1.54, 1.807) is 0 Å². The number of carboxylic acid groups (broad SMARTS) is 1. The first-order valence-electron chi connectivity index (χ1n) is 5.01. The van der Waals surface area contributed by atoms with Gasteiger partial charge in [-0.05, 0) is 11.6 Å². The Hall–Kier alpha value is -2.25. The smallest absolute Gasteiger partial charge is 0.335 e. The molecule has 0 saturated carbocycles. The van der Waals surface area contributed by atoms with E-state index in [0.29, 0.717) is 0 Å². The first-order valence-corrected chi connectivity index (χ1v) is 5.01. The molecule has 0 fully saturated rings. The molecular weight excluding hydrogens is 242 g/mol. The number of carbonyl (C=O) groups excluding carboxylic acids is 2. The first kappa shape index (κ1) is 12.2. The van der Waals surface area contributed by atoms with Crippen LogP contribution >= 0.6 is 0 Å². The molecule has 2 rings (SSSR count). The highest BCUT2D eigenvalue weighted by Crippen LogP contribution is 2.31. The van der Waals surface area contributed by atoms with Crippen LogP contribution in [-0.4, -0.2) is 39.1 Å². The number of hydrogen-bond donors (Lipinski definition) is 4. The largest absolute Gasteiger partial charge is 0.479 e. The number of ketones is 1. The number of fused-ring (bicyclic) bond motifs is 1. The van der Waals surface area contributed by atoms with E-state index in [-0.39, 0.29) is 16.8 Å². The molecule has 1 aromatic rings. The summed E-state index contributed by atoms with van der Waals surface area (Å²) in [5, 5.41) is 29.9. The predicted octanol–water partition coefficient (Wildman–Crippen LogP) is -0.700. The summed E-state index contributed by atoms with van der Waals surface area (Å²) in [7, 11) is 0. The zero-order valence-corrected chi connectivity index (χ0v) is 8.95. The maximum Gasteiger partial charge on any atom is 0.335 e. The van der Waals surface area contributed by atoms with Crippen molar-refractivity contribution in [2.75, 3.05) is 5.32 Å². The fraction of sp³-hybridized carbons (Fsp3) is 0.182. The molecule has 1 heterocycles. The van der Waals surface area contributed by atoms with Gasteiger partial charge in [-0.15, -0.1) is 0 Å². The molecule has 0 radical (unpaired) electrons. The van der Waals surface area contributed by atoms with Crippen molar-refractivity contribution in [2.45, 2.75) is 12.2 Å². The molecule has 2 atom stereocenters. The number of aliphatic hydroxyl groups excluding tert-OH is 2. The number of hydrogen-bond acceptors (Lipinski definition) is 5. The van der Waals surface area contributed by atoms with Crippen molar-refractivity contribution in [3.05, 3.63) is 29.3 Å². The van der Waals surface area contributed by atoms with Gasteiger partial charge in [0, 0.05) is 0 Å². The minimum absolute atomic E-state index is 0.0919. The third-order valence-electron chi connectivity index (χ3n) is 2.65. The average molecular weight is 251 g/mol. The molecule has 4 N–H and O–H groups in total. The zero-order valence-electron chi connectivity index (χ0n) is 8.95. The second-order valence-electron chi connectivity index (χ2n) is 3.78. The van der Waals surface area contributed by atoms with Crippen LogP contribution in [0.15, 0.2) is 18.2 Å². The lowest BCUT2D eigenvalue weighted by molar-refractivity contribution is -0.153. The van der Waals surface area contributed by atoms with E-state index >= 15 is 0 Å². The van der Waals surface area contributed by atoms with Crippen molar-refractivity contribution in [3.63, 3.8) is 0 Å². The summed E-state index contributed by atoms with van der Waals surface area (Å²) in [6, 6.07) is 4.17. The molecule has 7 nitrogen and oxygen atoms in total. The standard InChI is InChI=1S/C11H9NO6/c13-7(9(15)11(17)18)4-2-1-3-5-6(4)8(14)10(16)12-5/h1-3,7,9,13,15H,(H,17,18)(H,12,14,16). The third kappa shape index (κ3) is 1.75. The molecule has 1 aliphatic heterocycles. The van der Waals surface area contributed by atoms with Gasteiger partial charge in [-0.2, -0.15) is 0 Å². The van der Waals surface area contributed by atoms with E-state index in [1.807, 2.05) is 0 Å². The van der Waals surface area contributed by atoms with Crippen LogP contribution in [0.2, 0.25) is 0 Å². The van der Waals surface area contributed by atoms with E-state index < -0.39 is 29.9 Å². The molecule has 0 bridgehead atoms. The second kappa shape index (κ2) is 4.21. The number of Topliss-reactive ketones (excluding diaryl/α,β-unsaturated/α-hetero) is 1. The Morgan fingerprint density at radius 3 is 2.50 bits per heavy atom.